The quantitative estimate of drug-likeness (QED) is 0.422. The first-order valence-electron chi connectivity index (χ1n) is 8.98. The molecule has 28 heavy (non-hydrogen) atoms. The van der Waals surface area contributed by atoms with Gasteiger partial charge in [0.2, 0.25) is 5.78 Å². The minimum absolute atomic E-state index is 0.294. The number of rotatable bonds is 7. The maximum Gasteiger partial charge on any atom is 0.341 e. The number of hydrogen-bond acceptors (Lipinski definition) is 4. The number of Topliss-reactive ketones (excluding diaryl/α,β-unsaturated/α-hetero) is 1. The van der Waals surface area contributed by atoms with Gasteiger partial charge in [0.05, 0.1) is 5.56 Å². The maximum atomic E-state index is 13.1. The molecule has 0 saturated heterocycles. The summed E-state index contributed by atoms with van der Waals surface area (Å²) in [6, 6.07) is 22.6. The molecule has 1 N–H and O–H groups in total. The second kappa shape index (κ2) is 9.20. The van der Waals surface area contributed by atoms with Gasteiger partial charge in [-0.2, -0.15) is 0 Å². The zero-order valence-electron chi connectivity index (χ0n) is 15.4. The molecule has 1 atom stereocenters. The van der Waals surface area contributed by atoms with Gasteiger partial charge in [-0.05, 0) is 31.2 Å². The van der Waals surface area contributed by atoms with Crippen molar-refractivity contribution in [1.82, 2.24) is 0 Å². The Hall–Kier alpha value is -3.11. The van der Waals surface area contributed by atoms with Crippen molar-refractivity contribution < 1.29 is 14.3 Å². The second-order valence-electron chi connectivity index (χ2n) is 6.14. The van der Waals surface area contributed by atoms with E-state index in [-0.39, 0.29) is 5.78 Å². The fourth-order valence-corrected chi connectivity index (χ4v) is 2.97. The van der Waals surface area contributed by atoms with E-state index in [0.29, 0.717) is 33.9 Å². The number of carbonyl (C=O) groups excluding carboxylic acids is 2. The van der Waals surface area contributed by atoms with E-state index in [1.54, 1.807) is 66.7 Å². The van der Waals surface area contributed by atoms with Crippen molar-refractivity contribution in [2.75, 3.05) is 11.9 Å². The van der Waals surface area contributed by atoms with Crippen LogP contribution in [-0.4, -0.2) is 18.3 Å². The average molecular weight is 394 g/mol. The zero-order chi connectivity index (χ0) is 19.9. The van der Waals surface area contributed by atoms with Crippen LogP contribution in [0.1, 0.15) is 39.3 Å². The maximum absolute atomic E-state index is 13.1. The molecule has 3 rings (SSSR count). The molecule has 0 fully saturated rings. The Morgan fingerprint density at radius 2 is 1.57 bits per heavy atom. The highest BCUT2D eigenvalue weighted by Crippen LogP contribution is 2.27. The largest absolute Gasteiger partial charge is 0.445 e. The van der Waals surface area contributed by atoms with E-state index < -0.39 is 12.1 Å². The third kappa shape index (κ3) is 4.59. The van der Waals surface area contributed by atoms with E-state index in [9.17, 15) is 9.59 Å². The number of esters is 1. The Bertz CT molecular complexity index is 955. The molecule has 0 spiro atoms. The molecule has 3 aromatic rings. The fourth-order valence-electron chi connectivity index (χ4n) is 2.84. The SMILES string of the molecule is CCNc1ccccc1C(=O)O[C@H](C(=O)c1ccccc1)c1ccc(Cl)cc1. The van der Waals surface area contributed by atoms with Crippen LogP contribution in [0.2, 0.25) is 5.02 Å². The van der Waals surface area contributed by atoms with Crippen molar-refractivity contribution in [1.29, 1.82) is 0 Å². The van der Waals surface area contributed by atoms with Gasteiger partial charge in [-0.1, -0.05) is 66.2 Å². The van der Waals surface area contributed by atoms with Gasteiger partial charge in [-0.15, -0.1) is 0 Å². The lowest BCUT2D eigenvalue weighted by Crippen LogP contribution is -2.21. The zero-order valence-corrected chi connectivity index (χ0v) is 16.1. The minimum Gasteiger partial charge on any atom is -0.445 e. The Kier molecular flexibility index (Phi) is 6.45. The summed E-state index contributed by atoms with van der Waals surface area (Å²) in [6.07, 6.45) is -1.07. The molecule has 0 bridgehead atoms. The van der Waals surface area contributed by atoms with E-state index >= 15 is 0 Å². The molecule has 0 aliphatic carbocycles. The number of anilines is 1. The van der Waals surface area contributed by atoms with Crippen LogP contribution in [0.4, 0.5) is 5.69 Å². The lowest BCUT2D eigenvalue weighted by Gasteiger charge is -2.19. The van der Waals surface area contributed by atoms with Gasteiger partial charge in [0, 0.05) is 28.4 Å². The first-order valence-corrected chi connectivity index (χ1v) is 9.36. The molecule has 0 heterocycles. The predicted octanol–water partition coefficient (Wildman–Crippen LogP) is 5.55. The summed E-state index contributed by atoms with van der Waals surface area (Å²) in [4.78, 5) is 26.0. The molecule has 0 aromatic heterocycles. The fraction of sp³-hybridized carbons (Fsp3) is 0.130. The molecule has 3 aromatic carbocycles. The molecule has 5 heteroatoms. The summed E-state index contributed by atoms with van der Waals surface area (Å²) >= 11 is 5.97. The Labute approximate surface area is 169 Å². The van der Waals surface area contributed by atoms with Crippen molar-refractivity contribution in [3.63, 3.8) is 0 Å². The van der Waals surface area contributed by atoms with E-state index in [1.165, 1.54) is 0 Å². The second-order valence-corrected chi connectivity index (χ2v) is 6.58. The van der Waals surface area contributed by atoms with Crippen LogP contribution in [0.25, 0.3) is 0 Å². The standard InChI is InChI=1S/C23H20ClNO3/c1-2-25-20-11-7-6-10-19(20)23(27)28-22(17-12-14-18(24)15-13-17)21(26)16-8-4-3-5-9-16/h3-15,22,25H,2H2,1H3/t22-/m0/s1. The normalized spacial score (nSPS) is 11.5. The van der Waals surface area contributed by atoms with Crippen LogP contribution in [-0.2, 0) is 4.74 Å². The van der Waals surface area contributed by atoms with E-state index in [0.717, 1.165) is 0 Å². The number of benzene rings is 3. The van der Waals surface area contributed by atoms with Crippen molar-refractivity contribution in [3.05, 3.63) is 101 Å². The Morgan fingerprint density at radius 3 is 2.25 bits per heavy atom. The Balaban J connectivity index is 1.94. The van der Waals surface area contributed by atoms with Gasteiger partial charge in [-0.3, -0.25) is 4.79 Å². The molecule has 0 aliphatic rings. The lowest BCUT2D eigenvalue weighted by molar-refractivity contribution is 0.0281. The van der Waals surface area contributed by atoms with Crippen molar-refractivity contribution in [3.8, 4) is 0 Å². The Morgan fingerprint density at radius 1 is 0.929 bits per heavy atom. The third-order valence-electron chi connectivity index (χ3n) is 4.21. The number of hydrogen-bond donors (Lipinski definition) is 1. The van der Waals surface area contributed by atoms with Gasteiger partial charge < -0.3 is 10.1 Å². The summed E-state index contributed by atoms with van der Waals surface area (Å²) in [6.45, 7) is 2.60. The summed E-state index contributed by atoms with van der Waals surface area (Å²) < 4.78 is 5.69. The number of carbonyl (C=O) groups is 2. The van der Waals surface area contributed by atoms with Gasteiger partial charge in [0.25, 0.3) is 0 Å². The molecule has 0 amide bonds. The summed E-state index contributed by atoms with van der Waals surface area (Å²) in [7, 11) is 0. The van der Waals surface area contributed by atoms with Gasteiger partial charge in [-0.25, -0.2) is 4.79 Å². The average Bonchev–Trinajstić information content (AvgIpc) is 2.73. The third-order valence-corrected chi connectivity index (χ3v) is 4.46. The van der Waals surface area contributed by atoms with Gasteiger partial charge in [0.1, 0.15) is 0 Å². The monoisotopic (exact) mass is 393 g/mol. The molecule has 0 unspecified atom stereocenters. The first kappa shape index (κ1) is 19.6. The van der Waals surface area contributed by atoms with Crippen LogP contribution in [0, 0.1) is 0 Å². The molecule has 0 radical (unpaired) electrons. The van der Waals surface area contributed by atoms with Crippen LogP contribution in [0.3, 0.4) is 0 Å². The van der Waals surface area contributed by atoms with Crippen molar-refractivity contribution in [2.24, 2.45) is 0 Å². The van der Waals surface area contributed by atoms with E-state index in [1.807, 2.05) is 19.1 Å². The van der Waals surface area contributed by atoms with Gasteiger partial charge in [0.15, 0.2) is 6.10 Å². The van der Waals surface area contributed by atoms with Crippen molar-refractivity contribution >= 4 is 29.0 Å². The number of ketones is 1. The number of para-hydroxylation sites is 1. The topological polar surface area (TPSA) is 55.4 Å². The smallest absolute Gasteiger partial charge is 0.341 e. The van der Waals surface area contributed by atoms with E-state index in [2.05, 4.69) is 5.32 Å². The predicted molar refractivity (Wildman–Crippen MR) is 111 cm³/mol. The molecule has 0 saturated carbocycles. The van der Waals surface area contributed by atoms with Crippen LogP contribution >= 0.6 is 11.6 Å². The molecule has 142 valence electrons. The number of ether oxygens (including phenoxy) is 1. The minimum atomic E-state index is -1.07. The molecular weight excluding hydrogens is 374 g/mol. The van der Waals surface area contributed by atoms with Crippen molar-refractivity contribution in [2.45, 2.75) is 13.0 Å². The number of halogens is 1. The van der Waals surface area contributed by atoms with Crippen LogP contribution in [0.5, 0.6) is 0 Å². The molecule has 4 nitrogen and oxygen atoms in total. The van der Waals surface area contributed by atoms with Crippen LogP contribution < -0.4 is 5.32 Å². The summed E-state index contributed by atoms with van der Waals surface area (Å²) in [5.74, 6) is -0.863. The number of nitrogens with one attached hydrogen (secondary N) is 1. The van der Waals surface area contributed by atoms with E-state index in [4.69, 9.17) is 16.3 Å². The van der Waals surface area contributed by atoms with Crippen LogP contribution in [0.15, 0.2) is 78.9 Å². The highest BCUT2D eigenvalue weighted by Gasteiger charge is 2.27. The highest BCUT2D eigenvalue weighted by atomic mass is 35.5. The highest BCUT2D eigenvalue weighted by molar-refractivity contribution is 6.30. The summed E-state index contributed by atoms with van der Waals surface area (Å²) in [5.41, 5.74) is 2.07. The molecule has 0 aliphatic heterocycles. The van der Waals surface area contributed by atoms with Gasteiger partial charge >= 0.3 is 5.97 Å². The molecular formula is C23H20ClNO3. The lowest BCUT2D eigenvalue weighted by atomic mass is 9.99. The first-order chi connectivity index (χ1) is 13.6. The summed E-state index contributed by atoms with van der Waals surface area (Å²) in [5, 5.41) is 3.68.